The third-order valence-electron chi connectivity index (χ3n) is 5.37. The lowest BCUT2D eigenvalue weighted by Gasteiger charge is -2.25. The first-order valence-electron chi connectivity index (χ1n) is 10.7. The van der Waals surface area contributed by atoms with Gasteiger partial charge in [0.25, 0.3) is 0 Å². The van der Waals surface area contributed by atoms with Gasteiger partial charge in [0, 0.05) is 39.8 Å². The van der Waals surface area contributed by atoms with Crippen LogP contribution in [0.3, 0.4) is 0 Å². The smallest absolute Gasteiger partial charge is 0.191 e. The second-order valence-electron chi connectivity index (χ2n) is 7.55. The van der Waals surface area contributed by atoms with E-state index in [9.17, 15) is 0 Å². The molecule has 0 aromatic heterocycles. The number of ether oxygens (including phenoxy) is 2. The highest BCUT2D eigenvalue weighted by Gasteiger charge is 2.24. The van der Waals surface area contributed by atoms with E-state index in [4.69, 9.17) is 9.47 Å². The average Bonchev–Trinajstić information content (AvgIpc) is 3.22. The Morgan fingerprint density at radius 1 is 1.07 bits per heavy atom. The lowest BCUT2D eigenvalue weighted by Crippen LogP contribution is -2.44. The minimum atomic E-state index is 0.529. The molecular weight excluding hydrogens is 376 g/mol. The molecule has 1 heterocycles. The molecule has 6 nitrogen and oxygen atoms in total. The molecule has 1 aliphatic heterocycles. The summed E-state index contributed by atoms with van der Waals surface area (Å²) in [6.45, 7) is 4.89. The van der Waals surface area contributed by atoms with Gasteiger partial charge < -0.3 is 20.1 Å². The zero-order valence-electron chi connectivity index (χ0n) is 18.1. The van der Waals surface area contributed by atoms with Gasteiger partial charge in [-0.05, 0) is 42.6 Å². The highest BCUT2D eigenvalue weighted by Crippen LogP contribution is 2.19. The van der Waals surface area contributed by atoms with Crippen molar-refractivity contribution in [3.05, 3.63) is 65.7 Å². The van der Waals surface area contributed by atoms with Crippen LogP contribution in [0.4, 0.5) is 0 Å². The van der Waals surface area contributed by atoms with Gasteiger partial charge in [0.2, 0.25) is 0 Å². The Balaban J connectivity index is 1.45. The average molecular weight is 411 g/mol. The Labute approximate surface area is 180 Å². The number of nitrogens with zero attached hydrogens (tertiary/aromatic N) is 2. The molecule has 0 saturated carbocycles. The number of hydrogen-bond acceptors (Lipinski definition) is 4. The zero-order valence-corrected chi connectivity index (χ0v) is 18.1. The van der Waals surface area contributed by atoms with Gasteiger partial charge in [-0.1, -0.05) is 42.5 Å². The summed E-state index contributed by atoms with van der Waals surface area (Å²) in [5, 5.41) is 6.91. The van der Waals surface area contributed by atoms with E-state index in [2.05, 4.69) is 63.0 Å². The molecule has 0 aliphatic carbocycles. The first kappa shape index (κ1) is 22.1. The predicted molar refractivity (Wildman–Crippen MR) is 122 cm³/mol. The Morgan fingerprint density at radius 2 is 1.90 bits per heavy atom. The van der Waals surface area contributed by atoms with Crippen molar-refractivity contribution in [1.82, 2.24) is 15.5 Å². The molecule has 30 heavy (non-hydrogen) atoms. The summed E-state index contributed by atoms with van der Waals surface area (Å²) < 4.78 is 10.7. The maximum Gasteiger partial charge on any atom is 0.191 e. The van der Waals surface area contributed by atoms with Crippen molar-refractivity contribution >= 4 is 5.96 Å². The van der Waals surface area contributed by atoms with E-state index in [1.807, 2.05) is 19.2 Å². The highest BCUT2D eigenvalue weighted by atomic mass is 16.5. The molecule has 0 bridgehead atoms. The van der Waals surface area contributed by atoms with Crippen LogP contribution >= 0.6 is 0 Å². The van der Waals surface area contributed by atoms with Crippen molar-refractivity contribution in [1.29, 1.82) is 0 Å². The number of hydrogen-bond donors (Lipinski definition) is 2. The van der Waals surface area contributed by atoms with Crippen LogP contribution < -0.4 is 15.4 Å². The molecule has 0 radical (unpaired) electrons. The van der Waals surface area contributed by atoms with Crippen molar-refractivity contribution in [3.63, 3.8) is 0 Å². The van der Waals surface area contributed by atoms with Crippen molar-refractivity contribution < 1.29 is 9.47 Å². The van der Waals surface area contributed by atoms with Crippen molar-refractivity contribution in [2.24, 2.45) is 4.99 Å². The summed E-state index contributed by atoms with van der Waals surface area (Å²) in [5.41, 5.74) is 2.53. The molecule has 1 atom stereocenters. The summed E-state index contributed by atoms with van der Waals surface area (Å²) in [6, 6.07) is 19.3. The summed E-state index contributed by atoms with van der Waals surface area (Å²) in [6.07, 6.45) is 2.47. The fraction of sp³-hybridized carbons (Fsp3) is 0.458. The minimum absolute atomic E-state index is 0.529. The molecule has 0 spiro atoms. The van der Waals surface area contributed by atoms with Gasteiger partial charge in [0.05, 0.1) is 6.61 Å². The largest absolute Gasteiger partial charge is 0.491 e. The van der Waals surface area contributed by atoms with Crippen LogP contribution in [0.1, 0.15) is 24.0 Å². The van der Waals surface area contributed by atoms with Gasteiger partial charge in [-0.15, -0.1) is 0 Å². The molecule has 2 aromatic rings. The van der Waals surface area contributed by atoms with Crippen LogP contribution in [0.2, 0.25) is 0 Å². The van der Waals surface area contributed by atoms with Gasteiger partial charge in [-0.3, -0.25) is 9.89 Å². The first-order chi connectivity index (χ1) is 14.8. The second-order valence-corrected chi connectivity index (χ2v) is 7.55. The molecule has 2 aromatic carbocycles. The van der Waals surface area contributed by atoms with E-state index in [0.717, 1.165) is 36.9 Å². The fourth-order valence-corrected chi connectivity index (χ4v) is 3.76. The van der Waals surface area contributed by atoms with Crippen molar-refractivity contribution in [3.8, 4) is 5.75 Å². The number of benzene rings is 2. The van der Waals surface area contributed by atoms with E-state index < -0.39 is 0 Å². The van der Waals surface area contributed by atoms with E-state index in [1.54, 1.807) is 7.11 Å². The van der Waals surface area contributed by atoms with Gasteiger partial charge in [-0.25, -0.2) is 0 Å². The van der Waals surface area contributed by atoms with Gasteiger partial charge >= 0.3 is 0 Å². The Hall–Kier alpha value is -2.57. The van der Waals surface area contributed by atoms with E-state index in [0.29, 0.717) is 25.8 Å². The molecule has 1 fully saturated rings. The summed E-state index contributed by atoms with van der Waals surface area (Å²) >= 11 is 0. The number of likely N-dealkylation sites (tertiary alicyclic amines) is 1. The number of nitrogens with one attached hydrogen (secondary N) is 2. The first-order valence-corrected chi connectivity index (χ1v) is 10.7. The molecule has 0 amide bonds. The number of guanidine groups is 1. The van der Waals surface area contributed by atoms with E-state index in [-0.39, 0.29) is 0 Å². The quantitative estimate of drug-likeness (QED) is 0.358. The molecule has 1 unspecified atom stereocenters. The lowest BCUT2D eigenvalue weighted by molar-refractivity contribution is 0.146. The molecule has 3 rings (SSSR count). The van der Waals surface area contributed by atoms with E-state index >= 15 is 0 Å². The number of methoxy groups -OCH3 is 1. The summed E-state index contributed by atoms with van der Waals surface area (Å²) in [4.78, 5) is 6.95. The SMILES string of the molecule is CN=C(NCc1cccc(OCCOC)c1)NCC1CCCN1Cc1ccccc1. The molecule has 2 N–H and O–H groups in total. The lowest BCUT2D eigenvalue weighted by atomic mass is 10.2. The van der Waals surface area contributed by atoms with Gasteiger partial charge in [0.15, 0.2) is 5.96 Å². The standard InChI is InChI=1S/C24H34N4O2/c1-25-24(26-17-21-10-6-12-23(16-21)30-15-14-29-2)27-18-22-11-7-13-28(22)19-20-8-4-3-5-9-20/h3-6,8-10,12,16,22H,7,11,13-15,17-19H2,1-2H3,(H2,25,26,27). The van der Waals surface area contributed by atoms with Crippen LogP contribution in [0.5, 0.6) is 5.75 Å². The normalized spacial score (nSPS) is 17.1. The summed E-state index contributed by atoms with van der Waals surface area (Å²) in [7, 11) is 3.49. The Morgan fingerprint density at radius 3 is 2.70 bits per heavy atom. The Bertz CT molecular complexity index is 782. The van der Waals surface area contributed by atoms with Crippen LogP contribution in [0, 0.1) is 0 Å². The predicted octanol–water partition coefficient (Wildman–Crippen LogP) is 3.04. The highest BCUT2D eigenvalue weighted by molar-refractivity contribution is 5.79. The van der Waals surface area contributed by atoms with Crippen molar-refractivity contribution in [2.45, 2.75) is 32.0 Å². The number of rotatable bonds is 10. The van der Waals surface area contributed by atoms with Crippen LogP contribution in [-0.2, 0) is 17.8 Å². The topological polar surface area (TPSA) is 58.1 Å². The van der Waals surface area contributed by atoms with Crippen molar-refractivity contribution in [2.75, 3.05) is 40.5 Å². The monoisotopic (exact) mass is 410 g/mol. The van der Waals surface area contributed by atoms with Crippen LogP contribution in [0.25, 0.3) is 0 Å². The second kappa shape index (κ2) is 12.2. The maximum atomic E-state index is 5.69. The molecule has 162 valence electrons. The molecule has 1 saturated heterocycles. The maximum absolute atomic E-state index is 5.69. The number of aliphatic imine (C=N–C) groups is 1. The zero-order chi connectivity index (χ0) is 21.0. The van der Waals surface area contributed by atoms with E-state index in [1.165, 1.54) is 18.4 Å². The third-order valence-corrected chi connectivity index (χ3v) is 5.37. The fourth-order valence-electron chi connectivity index (χ4n) is 3.76. The van der Waals surface area contributed by atoms with Gasteiger partial charge in [0.1, 0.15) is 12.4 Å². The molecular formula is C24H34N4O2. The van der Waals surface area contributed by atoms with Crippen LogP contribution in [0.15, 0.2) is 59.6 Å². The molecule has 6 heteroatoms. The van der Waals surface area contributed by atoms with Gasteiger partial charge in [-0.2, -0.15) is 0 Å². The molecule has 1 aliphatic rings. The minimum Gasteiger partial charge on any atom is -0.491 e. The Kier molecular flexibility index (Phi) is 9.00. The third kappa shape index (κ3) is 7.04. The van der Waals surface area contributed by atoms with Crippen LogP contribution in [-0.4, -0.2) is 57.4 Å². The summed E-state index contributed by atoms with van der Waals surface area (Å²) in [5.74, 6) is 1.68.